The summed E-state index contributed by atoms with van der Waals surface area (Å²) in [6.07, 6.45) is -1.11. The molecular formula is C18H17N3O6S. The number of nitro groups is 1. The Morgan fingerprint density at radius 1 is 1.07 bits per heavy atom. The molecule has 2 N–H and O–H groups in total. The lowest BCUT2D eigenvalue weighted by Crippen LogP contribution is -2.46. The Labute approximate surface area is 164 Å². The predicted octanol–water partition coefficient (Wildman–Crippen LogP) is 2.08. The second kappa shape index (κ2) is 10.1. The molecule has 0 saturated carbocycles. The Kier molecular flexibility index (Phi) is 7.52. The molecule has 2 aromatic rings. The monoisotopic (exact) mass is 403 g/mol. The van der Waals surface area contributed by atoms with Crippen molar-refractivity contribution in [2.75, 3.05) is 5.75 Å². The van der Waals surface area contributed by atoms with Crippen LogP contribution >= 0.6 is 11.8 Å². The van der Waals surface area contributed by atoms with Crippen molar-refractivity contribution in [3.05, 3.63) is 70.3 Å². The van der Waals surface area contributed by atoms with Crippen LogP contribution in [0.4, 0.5) is 5.69 Å². The first-order valence-electron chi connectivity index (χ1n) is 8.09. The molecule has 0 spiro atoms. The van der Waals surface area contributed by atoms with E-state index in [4.69, 9.17) is 4.74 Å². The van der Waals surface area contributed by atoms with Crippen molar-refractivity contribution >= 4 is 35.2 Å². The van der Waals surface area contributed by atoms with E-state index >= 15 is 0 Å². The molecule has 0 heterocycles. The first kappa shape index (κ1) is 20.9. The topological polar surface area (TPSA) is 128 Å². The Hall–Kier alpha value is -3.40. The molecule has 0 unspecified atom stereocenters. The molecule has 2 aromatic carbocycles. The number of hydrazine groups is 1. The van der Waals surface area contributed by atoms with Crippen LogP contribution < -0.4 is 10.9 Å². The fraction of sp³-hybridized carbons (Fsp3) is 0.167. The number of hydrogen-bond donors (Lipinski definition) is 2. The highest BCUT2D eigenvalue weighted by Crippen LogP contribution is 2.21. The molecule has 10 heteroatoms. The van der Waals surface area contributed by atoms with Gasteiger partial charge in [-0.15, -0.1) is 11.8 Å². The summed E-state index contributed by atoms with van der Waals surface area (Å²) in [6, 6.07) is 14.0. The number of amides is 2. The molecule has 28 heavy (non-hydrogen) atoms. The first-order chi connectivity index (χ1) is 13.4. The van der Waals surface area contributed by atoms with Gasteiger partial charge in [0.25, 0.3) is 17.5 Å². The number of hydrogen-bond acceptors (Lipinski definition) is 7. The summed E-state index contributed by atoms with van der Waals surface area (Å²) in [5, 5.41) is 10.6. The number of benzene rings is 2. The fourth-order valence-electron chi connectivity index (χ4n) is 1.97. The lowest BCUT2D eigenvalue weighted by atomic mass is 10.2. The van der Waals surface area contributed by atoms with Gasteiger partial charge in [0.15, 0.2) is 6.10 Å². The summed E-state index contributed by atoms with van der Waals surface area (Å²) >= 11 is 1.12. The van der Waals surface area contributed by atoms with Gasteiger partial charge < -0.3 is 4.74 Å². The summed E-state index contributed by atoms with van der Waals surface area (Å²) in [5.41, 5.74) is 4.75. The second-order valence-electron chi connectivity index (χ2n) is 5.48. The van der Waals surface area contributed by atoms with Gasteiger partial charge >= 0.3 is 5.97 Å². The van der Waals surface area contributed by atoms with Gasteiger partial charge in [-0.1, -0.05) is 18.2 Å². The second-order valence-corrected chi connectivity index (χ2v) is 6.53. The van der Waals surface area contributed by atoms with Crippen LogP contribution in [0, 0.1) is 10.1 Å². The maximum Gasteiger partial charge on any atom is 0.317 e. The van der Waals surface area contributed by atoms with Gasteiger partial charge in [0, 0.05) is 22.6 Å². The van der Waals surface area contributed by atoms with E-state index in [0.29, 0.717) is 10.5 Å². The van der Waals surface area contributed by atoms with Crippen molar-refractivity contribution in [3.8, 4) is 0 Å². The summed E-state index contributed by atoms with van der Waals surface area (Å²) in [4.78, 5) is 46.3. The van der Waals surface area contributed by atoms with Crippen LogP contribution in [0.2, 0.25) is 0 Å². The largest absolute Gasteiger partial charge is 0.452 e. The number of non-ortho nitro benzene ring substituents is 1. The van der Waals surface area contributed by atoms with E-state index in [9.17, 15) is 24.5 Å². The summed E-state index contributed by atoms with van der Waals surface area (Å²) in [5.74, 6) is -1.90. The van der Waals surface area contributed by atoms with Crippen molar-refractivity contribution in [2.24, 2.45) is 0 Å². The maximum atomic E-state index is 11.9. The molecule has 0 bridgehead atoms. The molecule has 146 valence electrons. The summed E-state index contributed by atoms with van der Waals surface area (Å²) in [6.45, 7) is 1.37. The quantitative estimate of drug-likeness (QED) is 0.313. The molecule has 2 amide bonds. The molecule has 0 radical (unpaired) electrons. The van der Waals surface area contributed by atoms with E-state index in [1.54, 1.807) is 30.3 Å². The summed E-state index contributed by atoms with van der Waals surface area (Å²) in [7, 11) is 0. The molecule has 9 nitrogen and oxygen atoms in total. The van der Waals surface area contributed by atoms with Crippen molar-refractivity contribution < 1.29 is 24.0 Å². The molecule has 0 aliphatic rings. The highest BCUT2D eigenvalue weighted by Gasteiger charge is 2.19. The van der Waals surface area contributed by atoms with Gasteiger partial charge in [-0.3, -0.25) is 35.3 Å². The minimum atomic E-state index is -1.11. The lowest BCUT2D eigenvalue weighted by Gasteiger charge is -2.14. The zero-order valence-corrected chi connectivity index (χ0v) is 15.6. The van der Waals surface area contributed by atoms with Gasteiger partial charge in [0.1, 0.15) is 0 Å². The number of nitrogens with zero attached hydrogens (tertiary/aromatic N) is 1. The minimum absolute atomic E-state index is 0.0465. The molecule has 1 atom stereocenters. The average Bonchev–Trinajstić information content (AvgIpc) is 2.71. The standard InChI is InChI=1S/C18H17N3O6S/c1-12(17(23)19-20-18(24)13-5-3-2-4-6-13)27-16(22)11-28-15-9-7-14(8-10-15)21(25)26/h2-10,12H,11H2,1H3,(H,19,23)(H,20,24)/t12-/m0/s1. The molecule has 0 saturated heterocycles. The third-order valence-corrected chi connectivity index (χ3v) is 4.40. The molecule has 0 aliphatic carbocycles. The van der Waals surface area contributed by atoms with Gasteiger partial charge in [-0.05, 0) is 31.2 Å². The van der Waals surface area contributed by atoms with Crippen molar-refractivity contribution in [3.63, 3.8) is 0 Å². The van der Waals surface area contributed by atoms with E-state index in [1.165, 1.54) is 31.2 Å². The van der Waals surface area contributed by atoms with Gasteiger partial charge in [0.05, 0.1) is 10.7 Å². The van der Waals surface area contributed by atoms with E-state index in [2.05, 4.69) is 10.9 Å². The Morgan fingerprint density at radius 2 is 1.71 bits per heavy atom. The fourth-order valence-corrected chi connectivity index (χ4v) is 2.65. The van der Waals surface area contributed by atoms with Crippen molar-refractivity contribution in [1.29, 1.82) is 0 Å². The molecular weight excluding hydrogens is 386 g/mol. The normalized spacial score (nSPS) is 11.2. The summed E-state index contributed by atoms with van der Waals surface area (Å²) < 4.78 is 5.00. The highest BCUT2D eigenvalue weighted by atomic mass is 32.2. The zero-order chi connectivity index (χ0) is 20.5. The third-order valence-electron chi connectivity index (χ3n) is 3.42. The SMILES string of the molecule is C[C@H](OC(=O)CSc1ccc([N+](=O)[O-])cc1)C(=O)NNC(=O)c1ccccc1. The number of thioether (sulfide) groups is 1. The first-order valence-corrected chi connectivity index (χ1v) is 9.07. The van der Waals surface area contributed by atoms with Crippen LogP contribution in [0.5, 0.6) is 0 Å². The van der Waals surface area contributed by atoms with Crippen LogP contribution in [0.15, 0.2) is 59.5 Å². The molecule has 0 aromatic heterocycles. The van der Waals surface area contributed by atoms with Crippen LogP contribution in [0.25, 0.3) is 0 Å². The molecule has 0 aliphatic heterocycles. The van der Waals surface area contributed by atoms with Crippen LogP contribution in [0.3, 0.4) is 0 Å². The predicted molar refractivity (Wildman–Crippen MR) is 101 cm³/mol. The number of ether oxygens (including phenoxy) is 1. The van der Waals surface area contributed by atoms with Gasteiger partial charge in [-0.2, -0.15) is 0 Å². The highest BCUT2D eigenvalue weighted by molar-refractivity contribution is 8.00. The molecule has 2 rings (SSSR count). The minimum Gasteiger partial charge on any atom is -0.452 e. The third kappa shape index (κ3) is 6.40. The maximum absolute atomic E-state index is 11.9. The van der Waals surface area contributed by atoms with Gasteiger partial charge in [-0.25, -0.2) is 0 Å². The number of carbonyl (C=O) groups is 3. The van der Waals surface area contributed by atoms with Crippen molar-refractivity contribution in [2.45, 2.75) is 17.9 Å². The van der Waals surface area contributed by atoms with E-state index in [-0.39, 0.29) is 11.4 Å². The zero-order valence-electron chi connectivity index (χ0n) is 14.8. The number of rotatable bonds is 7. The smallest absolute Gasteiger partial charge is 0.317 e. The van der Waals surface area contributed by atoms with E-state index < -0.39 is 28.8 Å². The Balaban J connectivity index is 1.74. The number of carbonyl (C=O) groups excluding carboxylic acids is 3. The Bertz CT molecular complexity index is 857. The van der Waals surface area contributed by atoms with Crippen LogP contribution in [-0.2, 0) is 14.3 Å². The van der Waals surface area contributed by atoms with Crippen LogP contribution in [0.1, 0.15) is 17.3 Å². The number of nitro benzene ring substituents is 1. The number of nitrogens with one attached hydrogen (secondary N) is 2. The Morgan fingerprint density at radius 3 is 2.32 bits per heavy atom. The molecule has 0 fully saturated rings. The van der Waals surface area contributed by atoms with E-state index in [0.717, 1.165) is 11.8 Å². The van der Waals surface area contributed by atoms with Crippen molar-refractivity contribution in [1.82, 2.24) is 10.9 Å². The number of esters is 1. The lowest BCUT2D eigenvalue weighted by molar-refractivity contribution is -0.384. The van der Waals surface area contributed by atoms with Gasteiger partial charge in [0.2, 0.25) is 0 Å². The average molecular weight is 403 g/mol. The van der Waals surface area contributed by atoms with Crippen LogP contribution in [-0.4, -0.2) is 34.6 Å². The van der Waals surface area contributed by atoms with E-state index in [1.807, 2.05) is 0 Å².